The lowest BCUT2D eigenvalue weighted by atomic mass is 10.2. The summed E-state index contributed by atoms with van der Waals surface area (Å²) in [5, 5.41) is 4.57. The van der Waals surface area contributed by atoms with Crippen LogP contribution in [0.3, 0.4) is 0 Å². The Morgan fingerprint density at radius 1 is 1.35 bits per heavy atom. The number of nitrogens with zero attached hydrogens (tertiary/aromatic N) is 2. The Bertz CT molecular complexity index is 723. The molecule has 126 valence electrons. The number of carbonyl (C=O) groups is 1. The van der Waals surface area contributed by atoms with E-state index in [1.165, 1.54) is 0 Å². The molecule has 1 aromatic carbocycles. The van der Waals surface area contributed by atoms with Crippen molar-refractivity contribution in [1.29, 1.82) is 0 Å². The molecule has 1 aliphatic carbocycles. The van der Waals surface area contributed by atoms with Gasteiger partial charge in [0, 0.05) is 10.7 Å². The van der Waals surface area contributed by atoms with E-state index in [4.69, 9.17) is 11.6 Å². The zero-order valence-corrected chi connectivity index (χ0v) is 14.7. The van der Waals surface area contributed by atoms with Gasteiger partial charge in [0.25, 0.3) is 5.91 Å². The van der Waals surface area contributed by atoms with E-state index in [9.17, 15) is 13.2 Å². The Morgan fingerprint density at radius 3 is 2.57 bits per heavy atom. The summed E-state index contributed by atoms with van der Waals surface area (Å²) in [5.74, 6) is -0.468. The third kappa shape index (κ3) is 4.94. The Hall–Kier alpha value is -1.60. The van der Waals surface area contributed by atoms with Crippen molar-refractivity contribution in [1.82, 2.24) is 5.43 Å². The molecule has 1 amide bonds. The summed E-state index contributed by atoms with van der Waals surface area (Å²) in [5.41, 5.74) is 4.51. The molecule has 1 aliphatic rings. The summed E-state index contributed by atoms with van der Waals surface area (Å²) in [4.78, 5) is 12.1. The Morgan fingerprint density at radius 2 is 2.00 bits per heavy atom. The van der Waals surface area contributed by atoms with E-state index in [1.807, 2.05) is 0 Å². The molecule has 0 radical (unpaired) electrons. The molecular formula is C15H20ClN3O3S. The summed E-state index contributed by atoms with van der Waals surface area (Å²) in [6.07, 6.45) is 4.98. The van der Waals surface area contributed by atoms with E-state index in [0.717, 1.165) is 42.0 Å². The number of anilines is 1. The summed E-state index contributed by atoms with van der Waals surface area (Å²) in [6, 6.07) is 4.85. The predicted octanol–water partition coefficient (Wildman–Crippen LogP) is 2.46. The van der Waals surface area contributed by atoms with Gasteiger partial charge in [-0.3, -0.25) is 9.10 Å². The SMILES string of the molecule is Cc1cc(Cl)ccc1N(CC(=O)NN=C1CCCC1)S(C)(=O)=O. The molecule has 0 saturated heterocycles. The topological polar surface area (TPSA) is 78.8 Å². The molecule has 6 nitrogen and oxygen atoms in total. The van der Waals surface area contributed by atoms with Crippen LogP contribution in [-0.4, -0.2) is 32.8 Å². The second-order valence-electron chi connectivity index (χ2n) is 5.62. The predicted molar refractivity (Wildman–Crippen MR) is 92.4 cm³/mol. The second kappa shape index (κ2) is 7.31. The van der Waals surface area contributed by atoms with Gasteiger partial charge in [0.15, 0.2) is 0 Å². The number of amides is 1. The highest BCUT2D eigenvalue weighted by Crippen LogP contribution is 2.25. The van der Waals surface area contributed by atoms with Gasteiger partial charge < -0.3 is 0 Å². The number of carbonyl (C=O) groups excluding carboxylic acids is 1. The lowest BCUT2D eigenvalue weighted by molar-refractivity contribution is -0.119. The van der Waals surface area contributed by atoms with Crippen LogP contribution >= 0.6 is 11.6 Å². The number of aryl methyl sites for hydroxylation is 1. The van der Waals surface area contributed by atoms with E-state index < -0.39 is 15.9 Å². The normalized spacial score (nSPS) is 14.7. The van der Waals surface area contributed by atoms with Gasteiger partial charge in [0.1, 0.15) is 6.54 Å². The minimum Gasteiger partial charge on any atom is -0.271 e. The average molecular weight is 358 g/mol. The van der Waals surface area contributed by atoms with Crippen molar-refractivity contribution in [3.05, 3.63) is 28.8 Å². The van der Waals surface area contributed by atoms with Crippen LogP contribution in [-0.2, 0) is 14.8 Å². The third-order valence-corrected chi connectivity index (χ3v) is 5.00. The smallest absolute Gasteiger partial charge is 0.260 e. The molecule has 0 heterocycles. The molecule has 0 unspecified atom stereocenters. The van der Waals surface area contributed by atoms with Crippen LogP contribution in [0.1, 0.15) is 31.2 Å². The van der Waals surface area contributed by atoms with Crippen molar-refractivity contribution >= 4 is 38.9 Å². The molecule has 0 bridgehead atoms. The first-order chi connectivity index (χ1) is 10.8. The van der Waals surface area contributed by atoms with Crippen LogP contribution in [0.4, 0.5) is 5.69 Å². The summed E-state index contributed by atoms with van der Waals surface area (Å²) < 4.78 is 25.1. The first kappa shape index (κ1) is 17.7. The van der Waals surface area contributed by atoms with Crippen molar-refractivity contribution < 1.29 is 13.2 Å². The molecule has 23 heavy (non-hydrogen) atoms. The van der Waals surface area contributed by atoms with E-state index in [2.05, 4.69) is 10.5 Å². The van der Waals surface area contributed by atoms with Gasteiger partial charge in [-0.2, -0.15) is 5.10 Å². The molecule has 2 rings (SSSR count). The summed E-state index contributed by atoms with van der Waals surface area (Å²) in [6.45, 7) is 1.42. The molecule has 1 N–H and O–H groups in total. The second-order valence-corrected chi connectivity index (χ2v) is 7.96. The fraction of sp³-hybridized carbons (Fsp3) is 0.467. The van der Waals surface area contributed by atoms with Crippen LogP contribution in [0.2, 0.25) is 5.02 Å². The van der Waals surface area contributed by atoms with Gasteiger partial charge in [0.2, 0.25) is 10.0 Å². The van der Waals surface area contributed by atoms with E-state index >= 15 is 0 Å². The van der Waals surface area contributed by atoms with Gasteiger partial charge in [-0.05, 0) is 56.4 Å². The van der Waals surface area contributed by atoms with E-state index in [0.29, 0.717) is 16.3 Å². The van der Waals surface area contributed by atoms with Crippen molar-refractivity contribution in [3.8, 4) is 0 Å². The monoisotopic (exact) mass is 357 g/mol. The van der Waals surface area contributed by atoms with Crippen molar-refractivity contribution in [2.75, 3.05) is 17.1 Å². The fourth-order valence-corrected chi connectivity index (χ4v) is 3.62. The van der Waals surface area contributed by atoms with E-state index in [1.54, 1.807) is 25.1 Å². The van der Waals surface area contributed by atoms with Crippen LogP contribution in [0.25, 0.3) is 0 Å². The van der Waals surface area contributed by atoms with Gasteiger partial charge in [0.05, 0.1) is 11.9 Å². The van der Waals surface area contributed by atoms with Crippen LogP contribution in [0.15, 0.2) is 23.3 Å². The number of hydrogen-bond donors (Lipinski definition) is 1. The number of benzene rings is 1. The maximum Gasteiger partial charge on any atom is 0.260 e. The standard InChI is InChI=1S/C15H20ClN3O3S/c1-11-9-12(16)7-8-14(11)19(23(2,21)22)10-15(20)18-17-13-5-3-4-6-13/h7-9H,3-6,10H2,1-2H3,(H,18,20). The molecule has 0 spiro atoms. The number of rotatable bonds is 5. The lowest BCUT2D eigenvalue weighted by Crippen LogP contribution is -2.39. The maximum atomic E-state index is 12.1. The van der Waals surface area contributed by atoms with Gasteiger partial charge >= 0.3 is 0 Å². The van der Waals surface area contributed by atoms with Gasteiger partial charge in [-0.25, -0.2) is 13.8 Å². The minimum absolute atomic E-state index is 0.321. The largest absolute Gasteiger partial charge is 0.271 e. The molecule has 0 aromatic heterocycles. The zero-order valence-electron chi connectivity index (χ0n) is 13.2. The molecule has 1 aromatic rings. The highest BCUT2D eigenvalue weighted by atomic mass is 35.5. The van der Waals surface area contributed by atoms with Gasteiger partial charge in [-0.15, -0.1) is 0 Å². The molecule has 1 saturated carbocycles. The highest BCUT2D eigenvalue weighted by Gasteiger charge is 2.22. The minimum atomic E-state index is -3.60. The average Bonchev–Trinajstić information content (AvgIpc) is 2.95. The van der Waals surface area contributed by atoms with Crippen molar-refractivity contribution in [2.24, 2.45) is 5.10 Å². The molecule has 0 atom stereocenters. The number of hydrogen-bond acceptors (Lipinski definition) is 4. The Kier molecular flexibility index (Phi) is 5.64. The first-order valence-corrected chi connectivity index (χ1v) is 9.58. The Labute approximate surface area is 141 Å². The summed E-state index contributed by atoms with van der Waals surface area (Å²) >= 11 is 5.90. The number of nitrogens with one attached hydrogen (secondary N) is 1. The van der Waals surface area contributed by atoms with Gasteiger partial charge in [-0.1, -0.05) is 11.6 Å². The zero-order chi connectivity index (χ0) is 17.0. The number of halogens is 1. The molecule has 8 heteroatoms. The van der Waals surface area contributed by atoms with E-state index in [-0.39, 0.29) is 6.54 Å². The fourth-order valence-electron chi connectivity index (χ4n) is 2.48. The van der Waals surface area contributed by atoms with Crippen molar-refractivity contribution in [2.45, 2.75) is 32.6 Å². The molecule has 0 aliphatic heterocycles. The van der Waals surface area contributed by atoms with Crippen LogP contribution in [0, 0.1) is 6.92 Å². The first-order valence-electron chi connectivity index (χ1n) is 7.35. The maximum absolute atomic E-state index is 12.1. The van der Waals surface area contributed by atoms with Crippen LogP contribution < -0.4 is 9.73 Å². The third-order valence-electron chi connectivity index (χ3n) is 3.63. The lowest BCUT2D eigenvalue weighted by Gasteiger charge is -2.23. The quantitative estimate of drug-likeness (QED) is 0.822. The number of sulfonamides is 1. The summed E-state index contributed by atoms with van der Waals surface area (Å²) in [7, 11) is -3.60. The Balaban J connectivity index is 2.16. The van der Waals surface area contributed by atoms with Crippen LogP contribution in [0.5, 0.6) is 0 Å². The number of hydrazone groups is 1. The molecule has 1 fully saturated rings. The highest BCUT2D eigenvalue weighted by molar-refractivity contribution is 7.92. The molecular weight excluding hydrogens is 338 g/mol. The van der Waals surface area contributed by atoms with Crippen molar-refractivity contribution in [3.63, 3.8) is 0 Å².